The molecule has 0 saturated carbocycles. The van der Waals surface area contributed by atoms with Crippen molar-refractivity contribution in [1.29, 1.82) is 0 Å². The van der Waals surface area contributed by atoms with Crippen LogP contribution in [-0.2, 0) is 4.74 Å². The van der Waals surface area contributed by atoms with E-state index < -0.39 is 0 Å². The quantitative estimate of drug-likeness (QED) is 0.880. The third-order valence-electron chi connectivity index (χ3n) is 3.93. The Labute approximate surface area is 119 Å². The Kier molecular flexibility index (Phi) is 3.65. The summed E-state index contributed by atoms with van der Waals surface area (Å²) in [6.45, 7) is 5.23. The molecule has 20 heavy (non-hydrogen) atoms. The first kappa shape index (κ1) is 13.4. The molecule has 0 aliphatic carbocycles. The van der Waals surface area contributed by atoms with Crippen LogP contribution >= 0.6 is 0 Å². The molecule has 3 heterocycles. The number of ether oxygens (including phenoxy) is 1. The van der Waals surface area contributed by atoms with Crippen LogP contribution in [0.4, 0.5) is 17.3 Å². The Morgan fingerprint density at radius 3 is 3.05 bits per heavy atom. The fourth-order valence-corrected chi connectivity index (χ4v) is 3.04. The fourth-order valence-electron chi connectivity index (χ4n) is 3.04. The highest BCUT2D eigenvalue weighted by Crippen LogP contribution is 2.38. The number of rotatable bonds is 4. The van der Waals surface area contributed by atoms with Crippen molar-refractivity contribution in [3.05, 3.63) is 6.33 Å². The molecule has 0 radical (unpaired) electrons. The average molecular weight is 277 g/mol. The van der Waals surface area contributed by atoms with Crippen molar-refractivity contribution >= 4 is 17.3 Å². The van der Waals surface area contributed by atoms with Crippen molar-refractivity contribution < 1.29 is 4.74 Å². The van der Waals surface area contributed by atoms with Gasteiger partial charge in [0, 0.05) is 7.05 Å². The number of aromatic nitrogens is 2. The van der Waals surface area contributed by atoms with Gasteiger partial charge in [0.2, 0.25) is 0 Å². The first-order valence-corrected chi connectivity index (χ1v) is 7.37. The Morgan fingerprint density at radius 1 is 1.45 bits per heavy atom. The van der Waals surface area contributed by atoms with E-state index in [2.05, 4.69) is 39.3 Å². The zero-order valence-corrected chi connectivity index (χ0v) is 12.4. The lowest BCUT2D eigenvalue weighted by atomic mass is 10.0. The van der Waals surface area contributed by atoms with Gasteiger partial charge in [-0.15, -0.1) is 0 Å². The van der Waals surface area contributed by atoms with Crippen LogP contribution in [-0.4, -0.2) is 36.0 Å². The van der Waals surface area contributed by atoms with Crippen LogP contribution in [0, 0.1) is 5.92 Å². The lowest BCUT2D eigenvalue weighted by Crippen LogP contribution is -2.35. The van der Waals surface area contributed by atoms with Crippen LogP contribution in [0.15, 0.2) is 6.33 Å². The van der Waals surface area contributed by atoms with Gasteiger partial charge in [-0.25, -0.2) is 9.97 Å². The van der Waals surface area contributed by atoms with Crippen LogP contribution in [0.2, 0.25) is 0 Å². The number of hydrogen-bond acceptors (Lipinski definition) is 6. The van der Waals surface area contributed by atoms with Crippen molar-refractivity contribution in [2.45, 2.75) is 45.4 Å². The van der Waals surface area contributed by atoms with Gasteiger partial charge in [-0.2, -0.15) is 0 Å². The van der Waals surface area contributed by atoms with Crippen LogP contribution in [0.3, 0.4) is 0 Å². The van der Waals surface area contributed by atoms with E-state index in [0.717, 1.165) is 43.3 Å². The molecule has 0 aromatic carbocycles. The summed E-state index contributed by atoms with van der Waals surface area (Å²) in [6.07, 6.45) is 5.46. The SMILES string of the molecule is CNc1ncnc2c1NCN2C1CC[C@@H](CC(C)C)O1. The van der Waals surface area contributed by atoms with E-state index in [1.165, 1.54) is 0 Å². The number of anilines is 3. The van der Waals surface area contributed by atoms with Crippen molar-refractivity contribution in [2.24, 2.45) is 5.92 Å². The van der Waals surface area contributed by atoms with Crippen molar-refractivity contribution in [3.63, 3.8) is 0 Å². The highest BCUT2D eigenvalue weighted by atomic mass is 16.5. The Balaban J connectivity index is 1.73. The van der Waals surface area contributed by atoms with Gasteiger partial charge < -0.3 is 20.3 Å². The molecule has 6 nitrogen and oxygen atoms in total. The van der Waals surface area contributed by atoms with Crippen LogP contribution < -0.4 is 15.5 Å². The van der Waals surface area contributed by atoms with Crippen molar-refractivity contribution in [3.8, 4) is 0 Å². The second-order valence-electron chi connectivity index (χ2n) is 5.90. The minimum atomic E-state index is 0.132. The van der Waals surface area contributed by atoms with Gasteiger partial charge in [-0.3, -0.25) is 0 Å². The zero-order chi connectivity index (χ0) is 14.1. The number of hydrogen-bond donors (Lipinski definition) is 2. The Hall–Kier alpha value is -1.56. The normalized spacial score (nSPS) is 24.9. The topological polar surface area (TPSA) is 62.3 Å². The maximum absolute atomic E-state index is 6.19. The van der Waals surface area contributed by atoms with E-state index in [-0.39, 0.29) is 6.23 Å². The smallest absolute Gasteiger partial charge is 0.161 e. The predicted octanol–water partition coefficient (Wildman–Crippen LogP) is 2.26. The van der Waals surface area contributed by atoms with E-state index >= 15 is 0 Å². The highest BCUT2D eigenvalue weighted by molar-refractivity contribution is 5.81. The molecule has 0 bridgehead atoms. The molecular formula is C14H23N5O. The maximum atomic E-state index is 6.19. The summed E-state index contributed by atoms with van der Waals surface area (Å²) < 4.78 is 6.19. The standard InChI is InChI=1S/C14H23N5O/c1-9(2)6-10-4-5-11(20-10)19-8-18-12-13(15-3)16-7-17-14(12)19/h7,9-11,18H,4-6,8H2,1-3H3,(H,15,16,17)/t10-,11?/m0/s1. The summed E-state index contributed by atoms with van der Waals surface area (Å²) in [6, 6.07) is 0. The summed E-state index contributed by atoms with van der Waals surface area (Å²) >= 11 is 0. The predicted molar refractivity (Wildman–Crippen MR) is 79.9 cm³/mol. The lowest BCUT2D eigenvalue weighted by molar-refractivity contribution is 0.0333. The second kappa shape index (κ2) is 5.44. The minimum absolute atomic E-state index is 0.132. The van der Waals surface area contributed by atoms with Crippen LogP contribution in [0.5, 0.6) is 0 Å². The van der Waals surface area contributed by atoms with Crippen LogP contribution in [0.1, 0.15) is 33.1 Å². The van der Waals surface area contributed by atoms with Gasteiger partial charge >= 0.3 is 0 Å². The number of nitrogens with one attached hydrogen (secondary N) is 2. The molecule has 2 aliphatic heterocycles. The summed E-state index contributed by atoms with van der Waals surface area (Å²) in [4.78, 5) is 10.9. The molecule has 2 aliphatic rings. The van der Waals surface area contributed by atoms with Gasteiger partial charge in [0.25, 0.3) is 0 Å². The van der Waals surface area contributed by atoms with Gasteiger partial charge in [-0.1, -0.05) is 13.8 Å². The molecule has 110 valence electrons. The molecule has 1 unspecified atom stereocenters. The zero-order valence-electron chi connectivity index (χ0n) is 12.4. The second-order valence-corrected chi connectivity index (χ2v) is 5.90. The molecule has 1 saturated heterocycles. The summed E-state index contributed by atoms with van der Waals surface area (Å²) in [5.74, 6) is 2.47. The molecule has 1 fully saturated rings. The van der Waals surface area contributed by atoms with Crippen molar-refractivity contribution in [2.75, 3.05) is 29.2 Å². The molecule has 2 N–H and O–H groups in total. The average Bonchev–Trinajstić information content (AvgIpc) is 3.03. The third-order valence-corrected chi connectivity index (χ3v) is 3.93. The number of nitrogens with zero attached hydrogens (tertiary/aromatic N) is 3. The molecule has 0 spiro atoms. The van der Waals surface area contributed by atoms with E-state index in [1.807, 2.05) is 7.05 Å². The number of fused-ring (bicyclic) bond motifs is 1. The largest absolute Gasteiger partial charge is 0.371 e. The maximum Gasteiger partial charge on any atom is 0.161 e. The Bertz CT molecular complexity index is 479. The van der Waals surface area contributed by atoms with Gasteiger partial charge in [0.05, 0.1) is 12.8 Å². The summed E-state index contributed by atoms with van der Waals surface area (Å²) in [7, 11) is 1.87. The first-order valence-electron chi connectivity index (χ1n) is 7.37. The summed E-state index contributed by atoms with van der Waals surface area (Å²) in [5, 5.41) is 6.45. The third kappa shape index (κ3) is 2.40. The van der Waals surface area contributed by atoms with Crippen molar-refractivity contribution in [1.82, 2.24) is 9.97 Å². The molecule has 1 aromatic heterocycles. The van der Waals surface area contributed by atoms with E-state index in [1.54, 1.807) is 6.33 Å². The molecule has 3 rings (SSSR count). The molecule has 6 heteroatoms. The fraction of sp³-hybridized carbons (Fsp3) is 0.714. The van der Waals surface area contributed by atoms with Gasteiger partial charge in [0.1, 0.15) is 18.2 Å². The molecule has 0 amide bonds. The lowest BCUT2D eigenvalue weighted by Gasteiger charge is -2.25. The van der Waals surface area contributed by atoms with E-state index in [4.69, 9.17) is 4.74 Å². The molecule has 2 atom stereocenters. The van der Waals surface area contributed by atoms with Crippen LogP contribution in [0.25, 0.3) is 0 Å². The summed E-state index contributed by atoms with van der Waals surface area (Å²) in [5.41, 5.74) is 0.978. The monoisotopic (exact) mass is 277 g/mol. The van der Waals surface area contributed by atoms with Gasteiger partial charge in [-0.05, 0) is 25.2 Å². The van der Waals surface area contributed by atoms with E-state index in [9.17, 15) is 0 Å². The van der Waals surface area contributed by atoms with Gasteiger partial charge in [0.15, 0.2) is 11.6 Å². The first-order chi connectivity index (χ1) is 9.69. The van der Waals surface area contributed by atoms with E-state index in [0.29, 0.717) is 12.0 Å². The minimum Gasteiger partial charge on any atom is -0.371 e. The Morgan fingerprint density at radius 2 is 2.30 bits per heavy atom. The molecule has 1 aromatic rings. The molecular weight excluding hydrogens is 254 g/mol. The highest BCUT2D eigenvalue weighted by Gasteiger charge is 2.35.